The minimum Gasteiger partial charge on any atom is -0.403 e. The lowest BCUT2D eigenvalue weighted by Gasteiger charge is -2.46. The summed E-state index contributed by atoms with van der Waals surface area (Å²) in [6.45, 7) is 6.72. The van der Waals surface area contributed by atoms with Gasteiger partial charge in [0.25, 0.3) is 0 Å². The average molecular weight is 467 g/mol. The fourth-order valence-electron chi connectivity index (χ4n) is 8.04. The molecule has 2 N–H and O–H groups in total. The number of rotatable bonds is 3. The third kappa shape index (κ3) is 3.72. The Morgan fingerprint density at radius 2 is 1.73 bits per heavy atom. The Hall–Kier alpha value is -0.315. The summed E-state index contributed by atoms with van der Waals surface area (Å²) >= 11 is 0. The smallest absolute Gasteiger partial charge is 0.403 e. The first-order chi connectivity index (χ1) is 15.6. The average Bonchev–Trinajstić information content (AvgIpc) is 3.28. The molecular formula is C24H40BF2N3O3. The Kier molecular flexibility index (Phi) is 5.67. The van der Waals surface area contributed by atoms with Crippen LogP contribution in [-0.4, -0.2) is 72.8 Å². The van der Waals surface area contributed by atoms with Crippen molar-refractivity contribution >= 4 is 7.12 Å². The molecule has 7 unspecified atom stereocenters. The first-order valence-electron chi connectivity index (χ1n) is 13.2. The molecule has 2 saturated carbocycles. The van der Waals surface area contributed by atoms with Gasteiger partial charge in [0.1, 0.15) is 0 Å². The maximum atomic E-state index is 13.3. The van der Waals surface area contributed by atoms with Gasteiger partial charge in [-0.2, -0.15) is 8.78 Å². The third-order valence-electron chi connectivity index (χ3n) is 10.3. The summed E-state index contributed by atoms with van der Waals surface area (Å²) in [6.07, 6.45) is 7.05. The van der Waals surface area contributed by atoms with E-state index in [1.165, 1.54) is 0 Å². The van der Waals surface area contributed by atoms with Crippen LogP contribution in [0.15, 0.2) is 0 Å². The number of alkyl halides is 2. The molecule has 4 saturated heterocycles. The molecule has 2 aliphatic carbocycles. The van der Waals surface area contributed by atoms with Crippen molar-refractivity contribution in [1.82, 2.24) is 15.5 Å². The van der Waals surface area contributed by atoms with Crippen LogP contribution in [-0.2, 0) is 14.0 Å². The number of fused-ring (bicyclic) bond motifs is 9. The molecule has 9 heteroatoms. The van der Waals surface area contributed by atoms with Crippen LogP contribution in [0.2, 0.25) is 5.82 Å². The van der Waals surface area contributed by atoms with Crippen molar-refractivity contribution in [3.63, 3.8) is 0 Å². The highest BCUT2D eigenvalue weighted by Gasteiger charge is 2.61. The molecule has 6 nitrogen and oxygen atoms in total. The van der Waals surface area contributed by atoms with E-state index < -0.39 is 6.61 Å². The molecule has 33 heavy (non-hydrogen) atoms. The Morgan fingerprint density at radius 3 is 2.45 bits per heavy atom. The molecule has 186 valence electrons. The molecule has 4 aliphatic heterocycles. The van der Waals surface area contributed by atoms with Gasteiger partial charge in [-0.15, -0.1) is 0 Å². The number of nitrogens with zero attached hydrogens (tertiary/aromatic N) is 1. The van der Waals surface area contributed by atoms with Gasteiger partial charge >= 0.3 is 13.7 Å². The van der Waals surface area contributed by atoms with E-state index in [0.717, 1.165) is 51.5 Å². The Labute approximate surface area is 197 Å². The van der Waals surface area contributed by atoms with Crippen molar-refractivity contribution < 1.29 is 22.8 Å². The summed E-state index contributed by atoms with van der Waals surface area (Å²) in [5, 5.41) is 7.76. The monoisotopic (exact) mass is 467 g/mol. The molecule has 0 aromatic heterocycles. The molecule has 4 heterocycles. The second kappa shape index (κ2) is 8.10. The van der Waals surface area contributed by atoms with Gasteiger partial charge in [0, 0.05) is 30.1 Å². The maximum absolute atomic E-state index is 13.3. The summed E-state index contributed by atoms with van der Waals surface area (Å²) in [7, 11) is -0.171. The summed E-state index contributed by atoms with van der Waals surface area (Å²) in [6, 6.07) is 1.53. The first kappa shape index (κ1) is 23.1. The van der Waals surface area contributed by atoms with E-state index in [0.29, 0.717) is 35.9 Å². The highest BCUT2D eigenvalue weighted by Crippen LogP contribution is 2.51. The number of hydrogen-bond donors (Lipinski definition) is 2. The SMILES string of the molecule is CC1(C)OB(C2CCC3NC4[C@H]5C[C@H](C6C(CCCC6OC(F)F)CN5)N4C3C2)OC1(C)C. The minimum absolute atomic E-state index is 0.171. The summed E-state index contributed by atoms with van der Waals surface area (Å²) in [5.41, 5.74) is -0.627. The lowest BCUT2D eigenvalue weighted by atomic mass is 9.62. The summed E-state index contributed by atoms with van der Waals surface area (Å²) in [4.78, 5) is 2.68. The van der Waals surface area contributed by atoms with Gasteiger partial charge in [-0.05, 0) is 78.1 Å². The maximum Gasteiger partial charge on any atom is 0.461 e. The van der Waals surface area contributed by atoms with Gasteiger partial charge in [-0.1, -0.05) is 12.8 Å². The number of ether oxygens (including phenoxy) is 1. The van der Waals surface area contributed by atoms with Crippen LogP contribution in [0, 0.1) is 11.8 Å². The Morgan fingerprint density at radius 1 is 0.970 bits per heavy atom. The van der Waals surface area contributed by atoms with Crippen LogP contribution in [0.5, 0.6) is 0 Å². The quantitative estimate of drug-likeness (QED) is 0.621. The predicted molar refractivity (Wildman–Crippen MR) is 122 cm³/mol. The first-order valence-corrected chi connectivity index (χ1v) is 13.2. The van der Waals surface area contributed by atoms with Crippen LogP contribution in [0.1, 0.15) is 72.6 Å². The lowest BCUT2D eigenvalue weighted by molar-refractivity contribution is -0.197. The van der Waals surface area contributed by atoms with E-state index in [2.05, 4.69) is 43.2 Å². The van der Waals surface area contributed by atoms with Crippen molar-refractivity contribution in [2.24, 2.45) is 11.8 Å². The molecule has 6 rings (SSSR count). The number of hydrogen-bond acceptors (Lipinski definition) is 6. The molecule has 0 spiro atoms. The molecule has 0 radical (unpaired) electrons. The number of halogens is 2. The van der Waals surface area contributed by atoms with Crippen molar-refractivity contribution in [3.8, 4) is 0 Å². The van der Waals surface area contributed by atoms with Crippen LogP contribution in [0.3, 0.4) is 0 Å². The molecule has 6 aliphatic rings. The second-order valence-electron chi connectivity index (χ2n) is 12.5. The molecule has 0 amide bonds. The van der Waals surface area contributed by atoms with Gasteiger partial charge in [0.05, 0.1) is 23.5 Å². The third-order valence-corrected chi connectivity index (χ3v) is 10.3. The molecular weight excluding hydrogens is 427 g/mol. The van der Waals surface area contributed by atoms with E-state index >= 15 is 0 Å². The van der Waals surface area contributed by atoms with Crippen LogP contribution < -0.4 is 10.6 Å². The lowest BCUT2D eigenvalue weighted by Crippen LogP contribution is -2.56. The Bertz CT molecular complexity index is 742. The molecule has 9 atom stereocenters. The topological polar surface area (TPSA) is 55.0 Å². The van der Waals surface area contributed by atoms with E-state index in [-0.39, 0.29) is 36.5 Å². The van der Waals surface area contributed by atoms with E-state index in [1.807, 2.05) is 0 Å². The van der Waals surface area contributed by atoms with Gasteiger partial charge < -0.3 is 19.4 Å². The van der Waals surface area contributed by atoms with Crippen LogP contribution in [0.25, 0.3) is 0 Å². The fraction of sp³-hybridized carbons (Fsp3) is 1.00. The van der Waals surface area contributed by atoms with Crippen molar-refractivity contribution in [2.45, 2.75) is 133 Å². The van der Waals surface area contributed by atoms with Gasteiger partial charge in [-0.3, -0.25) is 10.2 Å². The highest BCUT2D eigenvalue weighted by atomic mass is 19.3. The van der Waals surface area contributed by atoms with Crippen LogP contribution in [0.4, 0.5) is 8.78 Å². The van der Waals surface area contributed by atoms with Crippen molar-refractivity contribution in [2.75, 3.05) is 6.54 Å². The largest absolute Gasteiger partial charge is 0.461 e. The summed E-state index contributed by atoms with van der Waals surface area (Å²) < 4.78 is 44.8. The van der Waals surface area contributed by atoms with E-state index in [1.54, 1.807) is 0 Å². The van der Waals surface area contributed by atoms with Gasteiger partial charge in [0.2, 0.25) is 0 Å². The minimum atomic E-state index is -2.69. The van der Waals surface area contributed by atoms with Gasteiger partial charge in [0.15, 0.2) is 0 Å². The number of nitrogens with one attached hydrogen (secondary N) is 2. The van der Waals surface area contributed by atoms with Crippen molar-refractivity contribution in [3.05, 3.63) is 0 Å². The predicted octanol–water partition coefficient (Wildman–Crippen LogP) is 3.37. The van der Waals surface area contributed by atoms with E-state index in [4.69, 9.17) is 14.0 Å². The second-order valence-corrected chi connectivity index (χ2v) is 12.5. The van der Waals surface area contributed by atoms with Crippen LogP contribution >= 0.6 is 0 Å². The molecule has 6 fully saturated rings. The zero-order chi connectivity index (χ0) is 23.1. The highest BCUT2D eigenvalue weighted by molar-refractivity contribution is 6.47. The van der Waals surface area contributed by atoms with E-state index in [9.17, 15) is 8.78 Å². The summed E-state index contributed by atoms with van der Waals surface area (Å²) in [5.74, 6) is 0.951. The molecule has 0 aromatic rings. The van der Waals surface area contributed by atoms with Crippen molar-refractivity contribution in [1.29, 1.82) is 0 Å². The normalized spacial score (nSPS) is 48.5. The molecule has 2 bridgehead atoms. The Balaban J connectivity index is 1.24. The fourth-order valence-corrected chi connectivity index (χ4v) is 8.04. The standard InChI is InChI=1S/C24H40BF2N3O3/c1-23(2)24(3,4)33-25(32-23)14-8-9-15-17(10-14)30-18-11-16(21(30)29-15)28-12-13-6-5-7-19(20(13)18)31-22(26)27/h13-22,28-29H,5-12H2,1-4H3/t13?,14?,15?,16-,17?,18-,19?,20?,21?/m1/s1. The zero-order valence-electron chi connectivity index (χ0n) is 20.4. The van der Waals surface area contributed by atoms with Gasteiger partial charge in [-0.25, -0.2) is 0 Å². The molecule has 0 aromatic carbocycles. The zero-order valence-corrected chi connectivity index (χ0v) is 20.4.